The number of nitrogens with one attached hydrogen (secondary N) is 1. The second kappa shape index (κ2) is 16.3. The summed E-state index contributed by atoms with van der Waals surface area (Å²) in [6.45, 7) is 7.76. The van der Waals surface area contributed by atoms with Crippen LogP contribution in [0.25, 0.3) is 11.1 Å². The Hall–Kier alpha value is -5.92. The number of urea groups is 1. The Kier molecular flexibility index (Phi) is 10.9. The minimum atomic E-state index is -1.52. The third kappa shape index (κ3) is 7.77. The molecule has 0 unspecified atom stereocenters. The van der Waals surface area contributed by atoms with Crippen molar-refractivity contribution in [3.05, 3.63) is 125 Å². The number of hydrogen-bond acceptors (Lipinski definition) is 8. The van der Waals surface area contributed by atoms with E-state index in [-0.39, 0.29) is 24.3 Å². The van der Waals surface area contributed by atoms with Gasteiger partial charge in [0.25, 0.3) is 5.91 Å². The molecule has 0 spiro atoms. The van der Waals surface area contributed by atoms with Crippen molar-refractivity contribution < 1.29 is 29.2 Å². The van der Waals surface area contributed by atoms with Gasteiger partial charge < -0.3 is 34.5 Å². The summed E-state index contributed by atoms with van der Waals surface area (Å²) in [4.78, 5) is 60.9. The van der Waals surface area contributed by atoms with Gasteiger partial charge >= 0.3 is 13.1 Å². The molecule has 4 aromatic carbocycles. The van der Waals surface area contributed by atoms with E-state index in [4.69, 9.17) is 0 Å². The molecule has 5 amide bonds. The van der Waals surface area contributed by atoms with Crippen LogP contribution in [0, 0.1) is 0 Å². The fraction of sp³-hybridized carbons (Fsp3) is 0.318. The molecular formula is C44H47BN6O6. The molecule has 0 bridgehead atoms. The maximum absolute atomic E-state index is 13.7. The predicted octanol–water partition coefficient (Wildman–Crippen LogP) is 3.56. The van der Waals surface area contributed by atoms with E-state index in [1.165, 1.54) is 5.57 Å². The van der Waals surface area contributed by atoms with Crippen molar-refractivity contribution in [3.8, 4) is 0 Å². The average Bonchev–Trinajstić information content (AvgIpc) is 3.57. The number of piperidine rings is 1. The van der Waals surface area contributed by atoms with Crippen LogP contribution < -0.4 is 20.6 Å². The fourth-order valence-electron chi connectivity index (χ4n) is 8.61. The minimum absolute atomic E-state index is 0.0617. The molecule has 0 radical (unpaired) electrons. The predicted molar refractivity (Wildman–Crippen MR) is 221 cm³/mol. The van der Waals surface area contributed by atoms with Gasteiger partial charge in [0.15, 0.2) is 0 Å². The van der Waals surface area contributed by atoms with Crippen LogP contribution in [0.1, 0.15) is 58.8 Å². The van der Waals surface area contributed by atoms with Gasteiger partial charge in [-0.3, -0.25) is 19.7 Å². The molecule has 4 heterocycles. The molecule has 1 atom stereocenters. The van der Waals surface area contributed by atoms with Crippen molar-refractivity contribution in [1.82, 2.24) is 20.0 Å². The summed E-state index contributed by atoms with van der Waals surface area (Å²) in [7, 11) is -1.52. The first kappa shape index (κ1) is 38.0. The summed E-state index contributed by atoms with van der Waals surface area (Å²) in [5.41, 5.74) is 9.54. The molecular weight excluding hydrogens is 719 g/mol. The third-order valence-corrected chi connectivity index (χ3v) is 11.8. The summed E-state index contributed by atoms with van der Waals surface area (Å²) in [6.07, 6.45) is 1.38. The molecule has 13 heteroatoms. The fourth-order valence-corrected chi connectivity index (χ4v) is 8.61. The van der Waals surface area contributed by atoms with E-state index < -0.39 is 19.1 Å². The molecule has 4 aromatic rings. The van der Waals surface area contributed by atoms with E-state index in [0.717, 1.165) is 58.7 Å². The Morgan fingerprint density at radius 3 is 1.88 bits per heavy atom. The van der Waals surface area contributed by atoms with Gasteiger partial charge in [0.2, 0.25) is 11.8 Å². The quantitative estimate of drug-likeness (QED) is 0.141. The van der Waals surface area contributed by atoms with Gasteiger partial charge in [-0.25, -0.2) is 4.79 Å². The van der Waals surface area contributed by atoms with Crippen molar-refractivity contribution in [3.63, 3.8) is 0 Å². The van der Waals surface area contributed by atoms with Gasteiger partial charge in [0, 0.05) is 82.3 Å². The maximum atomic E-state index is 13.7. The number of nitrogens with zero attached hydrogens (tertiary/aromatic N) is 5. The number of hydrogen-bond donors (Lipinski definition) is 3. The number of rotatable bonds is 8. The van der Waals surface area contributed by atoms with E-state index in [1.807, 2.05) is 58.3 Å². The highest BCUT2D eigenvalue weighted by Crippen LogP contribution is 2.35. The SMILES string of the molecule is CC/C(=C(\c1ccc(B(O)O)cc1)c1ccc(N2CCN(C(=O)N3CCN(c4ccc5c(c4)CN([C@@H]4CCC(=O)NC4=O)C5=O)CC3)CC2)cc1)c1ccccc1. The summed E-state index contributed by atoms with van der Waals surface area (Å²) >= 11 is 0. The molecule has 3 saturated heterocycles. The lowest BCUT2D eigenvalue weighted by Gasteiger charge is -2.41. The smallest absolute Gasteiger partial charge is 0.423 e. The highest BCUT2D eigenvalue weighted by molar-refractivity contribution is 6.58. The van der Waals surface area contributed by atoms with Crippen molar-refractivity contribution in [2.24, 2.45) is 0 Å². The van der Waals surface area contributed by atoms with Crippen molar-refractivity contribution in [1.29, 1.82) is 0 Å². The van der Waals surface area contributed by atoms with Crippen LogP contribution in [-0.2, 0) is 16.1 Å². The second-order valence-corrected chi connectivity index (χ2v) is 15.1. The zero-order valence-corrected chi connectivity index (χ0v) is 32.1. The lowest BCUT2D eigenvalue weighted by molar-refractivity contribution is -0.136. The van der Waals surface area contributed by atoms with Crippen molar-refractivity contribution >= 4 is 58.9 Å². The third-order valence-electron chi connectivity index (χ3n) is 11.8. The molecule has 4 aliphatic heterocycles. The Morgan fingerprint density at radius 2 is 1.30 bits per heavy atom. The van der Waals surface area contributed by atoms with Crippen LogP contribution in [0.3, 0.4) is 0 Å². The summed E-state index contributed by atoms with van der Waals surface area (Å²) in [6, 6.07) is 31.6. The highest BCUT2D eigenvalue weighted by atomic mass is 16.4. The molecule has 0 aliphatic carbocycles. The average molecular weight is 767 g/mol. The van der Waals surface area contributed by atoms with E-state index in [2.05, 4.69) is 58.4 Å². The standard InChI is InChI=1S/C44H47BN6O6/c1-2-37(30-6-4-3-5-7-30)41(31-8-12-34(13-9-31)45(56)57)32-10-14-35(15-11-32)47-20-24-49(25-21-47)44(55)50-26-22-48(23-27-50)36-16-17-38-33(28-36)29-51(43(38)54)39-18-19-40(52)46-42(39)53/h3-17,28,39,56-57H,2,18-27,29H2,1H3,(H,46,52,53)/b41-37-/t39-/m1/s1. The molecule has 8 rings (SSSR count). The maximum Gasteiger partial charge on any atom is 0.488 e. The first-order chi connectivity index (χ1) is 27.7. The van der Waals surface area contributed by atoms with Gasteiger partial charge in [-0.1, -0.05) is 73.7 Å². The first-order valence-electron chi connectivity index (χ1n) is 19.8. The van der Waals surface area contributed by atoms with E-state index >= 15 is 0 Å². The number of fused-ring (bicyclic) bond motifs is 1. The molecule has 0 aromatic heterocycles. The Balaban J connectivity index is 0.876. The summed E-state index contributed by atoms with van der Waals surface area (Å²) in [5.74, 6) is -0.897. The van der Waals surface area contributed by atoms with Gasteiger partial charge in [-0.2, -0.15) is 0 Å². The van der Waals surface area contributed by atoms with Crippen LogP contribution >= 0.6 is 0 Å². The van der Waals surface area contributed by atoms with Gasteiger partial charge in [-0.15, -0.1) is 0 Å². The van der Waals surface area contributed by atoms with E-state index in [9.17, 15) is 29.2 Å². The number of piperazine rings is 2. The zero-order chi connectivity index (χ0) is 39.6. The van der Waals surface area contributed by atoms with Crippen LogP contribution in [-0.4, -0.2) is 114 Å². The van der Waals surface area contributed by atoms with Gasteiger partial charge in [0.05, 0.1) is 0 Å². The molecule has 4 aliphatic rings. The van der Waals surface area contributed by atoms with Crippen LogP contribution in [0.15, 0.2) is 97.1 Å². The number of benzene rings is 4. The van der Waals surface area contributed by atoms with Crippen LogP contribution in [0.2, 0.25) is 0 Å². The van der Waals surface area contributed by atoms with Crippen LogP contribution in [0.5, 0.6) is 0 Å². The van der Waals surface area contributed by atoms with E-state index in [1.54, 1.807) is 17.0 Å². The number of imide groups is 1. The molecule has 0 saturated carbocycles. The number of anilines is 2. The topological polar surface area (TPSA) is 137 Å². The molecule has 292 valence electrons. The second-order valence-electron chi connectivity index (χ2n) is 15.1. The largest absolute Gasteiger partial charge is 0.488 e. The van der Waals surface area contributed by atoms with Gasteiger partial charge in [-0.05, 0) is 82.0 Å². The number of allylic oxidation sites excluding steroid dienone is 1. The zero-order valence-electron chi connectivity index (χ0n) is 32.1. The summed E-state index contributed by atoms with van der Waals surface area (Å²) in [5, 5.41) is 21.7. The Bertz CT molecular complexity index is 2180. The lowest BCUT2D eigenvalue weighted by atomic mass is 9.79. The number of carbonyl (C=O) groups excluding carboxylic acids is 4. The lowest BCUT2D eigenvalue weighted by Crippen LogP contribution is -2.57. The Labute approximate surface area is 333 Å². The van der Waals surface area contributed by atoms with Crippen molar-refractivity contribution in [2.45, 2.75) is 38.8 Å². The van der Waals surface area contributed by atoms with Crippen LogP contribution in [0.4, 0.5) is 16.2 Å². The highest BCUT2D eigenvalue weighted by Gasteiger charge is 2.39. The van der Waals surface area contributed by atoms with Gasteiger partial charge in [0.1, 0.15) is 6.04 Å². The number of carbonyl (C=O) groups is 4. The number of amides is 5. The first-order valence-corrected chi connectivity index (χ1v) is 19.8. The van der Waals surface area contributed by atoms with Crippen molar-refractivity contribution in [2.75, 3.05) is 62.2 Å². The molecule has 57 heavy (non-hydrogen) atoms. The molecule has 3 fully saturated rings. The monoisotopic (exact) mass is 766 g/mol. The molecule has 12 nitrogen and oxygen atoms in total. The van der Waals surface area contributed by atoms with E-state index in [0.29, 0.717) is 63.3 Å². The molecule has 3 N–H and O–H groups in total. The minimum Gasteiger partial charge on any atom is -0.423 e. The summed E-state index contributed by atoms with van der Waals surface area (Å²) < 4.78 is 0. The Morgan fingerprint density at radius 1 is 0.719 bits per heavy atom. The normalized spacial score (nSPS) is 19.0.